The number of carboxylic acids is 1. The molecule has 5 heteroatoms. The molecule has 0 saturated carbocycles. The molecule has 0 aliphatic carbocycles. The third-order valence-corrected chi connectivity index (χ3v) is 3.61. The summed E-state index contributed by atoms with van der Waals surface area (Å²) in [6.07, 6.45) is 4.62. The molecular formula is C16H31NO4. The lowest BCUT2D eigenvalue weighted by Crippen LogP contribution is -2.44. The molecule has 5 nitrogen and oxygen atoms in total. The zero-order valence-electron chi connectivity index (χ0n) is 14.1. The van der Waals surface area contributed by atoms with Crippen molar-refractivity contribution in [1.29, 1.82) is 0 Å². The van der Waals surface area contributed by atoms with Crippen LogP contribution in [0.3, 0.4) is 0 Å². The number of nitrogens with one attached hydrogen (secondary N) is 1. The molecule has 2 N–H and O–H groups in total. The van der Waals surface area contributed by atoms with E-state index >= 15 is 0 Å². The molecule has 0 aromatic rings. The number of ether oxygens (including phenoxy) is 1. The second-order valence-corrected chi connectivity index (χ2v) is 6.61. The van der Waals surface area contributed by atoms with E-state index < -0.39 is 23.1 Å². The number of unbranched alkanes of at least 4 members (excludes halogenated alkanes) is 3. The van der Waals surface area contributed by atoms with E-state index in [-0.39, 0.29) is 6.54 Å². The molecule has 0 aromatic heterocycles. The van der Waals surface area contributed by atoms with E-state index in [1.807, 2.05) is 6.92 Å². The summed E-state index contributed by atoms with van der Waals surface area (Å²) in [4.78, 5) is 23.3. The van der Waals surface area contributed by atoms with Crippen molar-refractivity contribution in [3.8, 4) is 0 Å². The number of alkyl carbamates (subject to hydrolysis) is 1. The molecule has 0 aromatic carbocycles. The Morgan fingerprint density at radius 3 is 2.14 bits per heavy atom. The van der Waals surface area contributed by atoms with E-state index in [2.05, 4.69) is 12.2 Å². The van der Waals surface area contributed by atoms with E-state index in [0.29, 0.717) is 12.8 Å². The van der Waals surface area contributed by atoms with Gasteiger partial charge in [0.15, 0.2) is 0 Å². The highest BCUT2D eigenvalue weighted by molar-refractivity contribution is 5.76. The van der Waals surface area contributed by atoms with E-state index in [1.54, 1.807) is 20.8 Å². The molecule has 0 bridgehead atoms. The largest absolute Gasteiger partial charge is 0.481 e. The van der Waals surface area contributed by atoms with Gasteiger partial charge in [-0.2, -0.15) is 0 Å². The number of carbonyl (C=O) groups is 2. The van der Waals surface area contributed by atoms with Gasteiger partial charge in [-0.25, -0.2) is 4.79 Å². The van der Waals surface area contributed by atoms with E-state index in [4.69, 9.17) is 4.74 Å². The molecule has 21 heavy (non-hydrogen) atoms. The van der Waals surface area contributed by atoms with Crippen LogP contribution in [0.5, 0.6) is 0 Å². The topological polar surface area (TPSA) is 75.6 Å². The van der Waals surface area contributed by atoms with Gasteiger partial charge in [0, 0.05) is 6.54 Å². The molecule has 0 aliphatic heterocycles. The Morgan fingerprint density at radius 2 is 1.71 bits per heavy atom. The number of hydrogen-bond donors (Lipinski definition) is 2. The maximum atomic E-state index is 11.7. The van der Waals surface area contributed by atoms with Gasteiger partial charge in [0.25, 0.3) is 0 Å². The first kappa shape index (κ1) is 19.7. The predicted molar refractivity (Wildman–Crippen MR) is 83.4 cm³/mol. The third kappa shape index (κ3) is 7.93. The average Bonchev–Trinajstić information content (AvgIpc) is 2.36. The second kappa shape index (κ2) is 8.90. The fraction of sp³-hybridized carbons (Fsp3) is 0.875. The van der Waals surface area contributed by atoms with Crippen molar-refractivity contribution >= 4 is 12.1 Å². The predicted octanol–water partition coefficient (Wildman–Crippen LogP) is 3.96. The monoisotopic (exact) mass is 301 g/mol. The average molecular weight is 301 g/mol. The zero-order chi connectivity index (χ0) is 16.5. The lowest BCUT2D eigenvalue weighted by atomic mass is 9.80. The summed E-state index contributed by atoms with van der Waals surface area (Å²) < 4.78 is 5.16. The van der Waals surface area contributed by atoms with E-state index in [9.17, 15) is 14.7 Å². The van der Waals surface area contributed by atoms with Gasteiger partial charge in [-0.3, -0.25) is 4.79 Å². The minimum atomic E-state index is -0.898. The van der Waals surface area contributed by atoms with Crippen LogP contribution in [0.25, 0.3) is 0 Å². The van der Waals surface area contributed by atoms with Gasteiger partial charge in [-0.05, 0) is 33.6 Å². The second-order valence-electron chi connectivity index (χ2n) is 6.61. The van der Waals surface area contributed by atoms with Crippen molar-refractivity contribution in [1.82, 2.24) is 5.32 Å². The van der Waals surface area contributed by atoms with Crippen LogP contribution in [0.1, 0.15) is 73.1 Å². The molecule has 0 rings (SSSR count). The van der Waals surface area contributed by atoms with Crippen molar-refractivity contribution < 1.29 is 19.4 Å². The molecule has 1 unspecified atom stereocenters. The molecule has 0 aliphatic rings. The summed E-state index contributed by atoms with van der Waals surface area (Å²) in [6, 6.07) is 0. The minimum absolute atomic E-state index is 0.111. The molecule has 124 valence electrons. The normalized spacial score (nSPS) is 14.3. The Balaban J connectivity index is 4.54. The Hall–Kier alpha value is -1.26. The van der Waals surface area contributed by atoms with Gasteiger partial charge in [-0.1, -0.05) is 39.5 Å². The number of amides is 1. The van der Waals surface area contributed by atoms with Gasteiger partial charge in [-0.15, -0.1) is 0 Å². The lowest BCUT2D eigenvalue weighted by molar-refractivity contribution is -0.149. The Labute approximate surface area is 128 Å². The van der Waals surface area contributed by atoms with Crippen LogP contribution in [0.4, 0.5) is 4.79 Å². The van der Waals surface area contributed by atoms with Crippen molar-refractivity contribution in [3.05, 3.63) is 0 Å². The fourth-order valence-electron chi connectivity index (χ4n) is 2.17. The van der Waals surface area contributed by atoms with E-state index in [1.165, 1.54) is 0 Å². The first-order chi connectivity index (χ1) is 9.67. The summed E-state index contributed by atoms with van der Waals surface area (Å²) in [5.41, 5.74) is -1.48. The van der Waals surface area contributed by atoms with Gasteiger partial charge in [0.05, 0.1) is 5.41 Å². The molecule has 0 fully saturated rings. The molecule has 0 heterocycles. The number of rotatable bonds is 9. The highest BCUT2D eigenvalue weighted by atomic mass is 16.6. The zero-order valence-corrected chi connectivity index (χ0v) is 14.1. The van der Waals surface area contributed by atoms with Crippen LogP contribution in [0.2, 0.25) is 0 Å². The van der Waals surface area contributed by atoms with Crippen LogP contribution < -0.4 is 5.32 Å². The van der Waals surface area contributed by atoms with Crippen LogP contribution in [0, 0.1) is 5.41 Å². The van der Waals surface area contributed by atoms with Crippen molar-refractivity contribution in [3.63, 3.8) is 0 Å². The molecule has 1 atom stereocenters. The molecule has 0 spiro atoms. The maximum absolute atomic E-state index is 11.7. The number of carboxylic acid groups (broad SMARTS) is 1. The van der Waals surface area contributed by atoms with Gasteiger partial charge < -0.3 is 15.2 Å². The highest BCUT2D eigenvalue weighted by Crippen LogP contribution is 2.29. The summed E-state index contributed by atoms with van der Waals surface area (Å²) in [5, 5.41) is 12.1. The summed E-state index contributed by atoms with van der Waals surface area (Å²) in [7, 11) is 0. The summed E-state index contributed by atoms with van der Waals surface area (Å²) in [6.45, 7) is 9.42. The fourth-order valence-corrected chi connectivity index (χ4v) is 2.17. The lowest BCUT2D eigenvalue weighted by Gasteiger charge is -2.29. The van der Waals surface area contributed by atoms with Gasteiger partial charge >= 0.3 is 12.1 Å². The Morgan fingerprint density at radius 1 is 1.10 bits per heavy atom. The van der Waals surface area contributed by atoms with Crippen LogP contribution in [0.15, 0.2) is 0 Å². The number of aliphatic carboxylic acids is 1. The first-order valence-electron chi connectivity index (χ1n) is 7.87. The summed E-state index contributed by atoms with van der Waals surface area (Å²) in [5.74, 6) is -0.849. The van der Waals surface area contributed by atoms with Gasteiger partial charge in [0.2, 0.25) is 0 Å². The molecular weight excluding hydrogens is 270 g/mol. The van der Waals surface area contributed by atoms with Crippen LogP contribution in [-0.2, 0) is 9.53 Å². The molecule has 1 amide bonds. The van der Waals surface area contributed by atoms with E-state index in [0.717, 1.165) is 25.7 Å². The standard InChI is InChI=1S/C16H31NO4/c1-6-8-9-10-11-16(7-2,13(18)19)12-17-14(20)21-15(3,4)5/h6-12H2,1-5H3,(H,17,20)(H,18,19). The summed E-state index contributed by atoms with van der Waals surface area (Å²) >= 11 is 0. The van der Waals surface area contributed by atoms with Crippen molar-refractivity contribution in [2.24, 2.45) is 5.41 Å². The minimum Gasteiger partial charge on any atom is -0.481 e. The molecule has 0 radical (unpaired) electrons. The first-order valence-corrected chi connectivity index (χ1v) is 7.87. The third-order valence-electron chi connectivity index (χ3n) is 3.61. The number of carbonyl (C=O) groups excluding carboxylic acids is 1. The van der Waals surface area contributed by atoms with Crippen LogP contribution in [-0.4, -0.2) is 29.3 Å². The highest BCUT2D eigenvalue weighted by Gasteiger charge is 2.36. The maximum Gasteiger partial charge on any atom is 0.407 e. The van der Waals surface area contributed by atoms with Crippen molar-refractivity contribution in [2.45, 2.75) is 78.7 Å². The quantitative estimate of drug-likeness (QED) is 0.632. The smallest absolute Gasteiger partial charge is 0.407 e. The van der Waals surface area contributed by atoms with Crippen LogP contribution >= 0.6 is 0 Å². The Bertz CT molecular complexity index is 336. The van der Waals surface area contributed by atoms with Gasteiger partial charge in [0.1, 0.15) is 5.60 Å². The number of hydrogen-bond acceptors (Lipinski definition) is 3. The molecule has 0 saturated heterocycles. The van der Waals surface area contributed by atoms with Crippen molar-refractivity contribution in [2.75, 3.05) is 6.54 Å². The Kier molecular flexibility index (Phi) is 8.37. The SMILES string of the molecule is CCCCCCC(CC)(CNC(=O)OC(C)(C)C)C(=O)O.